The van der Waals surface area contributed by atoms with Gasteiger partial charge in [0.15, 0.2) is 0 Å². The zero-order chi connectivity index (χ0) is 14.3. The van der Waals surface area contributed by atoms with E-state index >= 15 is 0 Å². The zero-order valence-corrected chi connectivity index (χ0v) is 12.7. The highest BCUT2D eigenvalue weighted by atomic mass is 16.3. The SMILES string of the molecule is CCCCC1CC(NCCO)CN(C(=O)C(C)C)C1. The van der Waals surface area contributed by atoms with Crippen molar-refractivity contribution in [2.45, 2.75) is 52.5 Å². The molecule has 0 aliphatic carbocycles. The van der Waals surface area contributed by atoms with E-state index in [4.69, 9.17) is 5.11 Å². The van der Waals surface area contributed by atoms with Crippen molar-refractivity contribution >= 4 is 5.91 Å². The quantitative estimate of drug-likeness (QED) is 0.739. The van der Waals surface area contributed by atoms with Gasteiger partial charge in [0.2, 0.25) is 5.91 Å². The molecule has 1 fully saturated rings. The van der Waals surface area contributed by atoms with Crippen LogP contribution in [0.3, 0.4) is 0 Å². The number of likely N-dealkylation sites (tertiary alicyclic amines) is 1. The Bertz CT molecular complexity index is 253. The van der Waals surface area contributed by atoms with Crippen LogP contribution in [-0.4, -0.2) is 48.2 Å². The number of aliphatic hydroxyl groups is 1. The summed E-state index contributed by atoms with van der Waals surface area (Å²) in [7, 11) is 0. The Morgan fingerprint density at radius 1 is 1.42 bits per heavy atom. The molecule has 0 aromatic rings. The molecule has 1 heterocycles. The van der Waals surface area contributed by atoms with Gasteiger partial charge in [-0.2, -0.15) is 0 Å². The molecular weight excluding hydrogens is 240 g/mol. The van der Waals surface area contributed by atoms with Crippen molar-refractivity contribution < 1.29 is 9.90 Å². The van der Waals surface area contributed by atoms with Crippen molar-refractivity contribution in [2.75, 3.05) is 26.2 Å². The van der Waals surface area contributed by atoms with Crippen LogP contribution in [0.15, 0.2) is 0 Å². The maximum atomic E-state index is 12.2. The third kappa shape index (κ3) is 5.49. The molecule has 2 atom stereocenters. The highest BCUT2D eigenvalue weighted by Gasteiger charge is 2.30. The molecule has 0 bridgehead atoms. The number of carbonyl (C=O) groups excluding carboxylic acids is 1. The molecule has 0 spiro atoms. The van der Waals surface area contributed by atoms with Crippen LogP contribution in [0.2, 0.25) is 0 Å². The number of piperidine rings is 1. The maximum Gasteiger partial charge on any atom is 0.225 e. The smallest absolute Gasteiger partial charge is 0.225 e. The first-order chi connectivity index (χ1) is 9.08. The van der Waals surface area contributed by atoms with Gasteiger partial charge in [0.25, 0.3) is 0 Å². The van der Waals surface area contributed by atoms with Crippen LogP contribution in [0.25, 0.3) is 0 Å². The van der Waals surface area contributed by atoms with Crippen molar-refractivity contribution in [3.05, 3.63) is 0 Å². The Labute approximate surface area is 117 Å². The number of unbranched alkanes of at least 4 members (excludes halogenated alkanes) is 1. The van der Waals surface area contributed by atoms with E-state index in [0.717, 1.165) is 19.5 Å². The first-order valence-electron chi connectivity index (χ1n) is 7.71. The molecule has 2 unspecified atom stereocenters. The second-order valence-electron chi connectivity index (χ2n) is 6.02. The van der Waals surface area contributed by atoms with Crippen molar-refractivity contribution in [2.24, 2.45) is 11.8 Å². The van der Waals surface area contributed by atoms with Gasteiger partial charge in [-0.1, -0.05) is 33.6 Å². The summed E-state index contributed by atoms with van der Waals surface area (Å²) in [5.74, 6) is 0.938. The largest absolute Gasteiger partial charge is 0.395 e. The van der Waals surface area contributed by atoms with E-state index < -0.39 is 0 Å². The summed E-state index contributed by atoms with van der Waals surface area (Å²) in [6.07, 6.45) is 4.78. The second kappa shape index (κ2) is 8.54. The van der Waals surface area contributed by atoms with Crippen molar-refractivity contribution in [3.8, 4) is 0 Å². The molecule has 1 rings (SSSR count). The molecule has 1 aliphatic heterocycles. The summed E-state index contributed by atoms with van der Waals surface area (Å²) in [4.78, 5) is 14.2. The number of nitrogens with zero attached hydrogens (tertiary/aromatic N) is 1. The summed E-state index contributed by atoms with van der Waals surface area (Å²) >= 11 is 0. The van der Waals surface area contributed by atoms with Gasteiger partial charge < -0.3 is 15.3 Å². The average Bonchev–Trinajstić information content (AvgIpc) is 2.41. The molecule has 0 saturated carbocycles. The molecule has 19 heavy (non-hydrogen) atoms. The lowest BCUT2D eigenvalue weighted by atomic mass is 9.89. The lowest BCUT2D eigenvalue weighted by molar-refractivity contribution is -0.137. The van der Waals surface area contributed by atoms with Crippen molar-refractivity contribution in [3.63, 3.8) is 0 Å². The fraction of sp³-hybridized carbons (Fsp3) is 0.933. The van der Waals surface area contributed by atoms with Gasteiger partial charge in [0, 0.05) is 31.6 Å². The number of hydrogen-bond acceptors (Lipinski definition) is 3. The fourth-order valence-corrected chi connectivity index (χ4v) is 2.87. The first-order valence-corrected chi connectivity index (χ1v) is 7.71. The van der Waals surface area contributed by atoms with Crippen molar-refractivity contribution in [1.29, 1.82) is 0 Å². The number of carbonyl (C=O) groups is 1. The molecule has 0 aromatic carbocycles. The third-order valence-electron chi connectivity index (χ3n) is 3.85. The highest BCUT2D eigenvalue weighted by molar-refractivity contribution is 5.78. The molecule has 4 heteroatoms. The number of amides is 1. The molecule has 0 radical (unpaired) electrons. The number of nitrogens with one attached hydrogen (secondary N) is 1. The molecule has 112 valence electrons. The molecule has 1 saturated heterocycles. The van der Waals surface area contributed by atoms with E-state index in [9.17, 15) is 4.79 Å². The zero-order valence-electron chi connectivity index (χ0n) is 12.7. The Kier molecular flexibility index (Phi) is 7.39. The summed E-state index contributed by atoms with van der Waals surface area (Å²) in [5.41, 5.74) is 0. The Hall–Kier alpha value is -0.610. The minimum atomic E-state index is 0.0726. The maximum absolute atomic E-state index is 12.2. The van der Waals surface area contributed by atoms with Gasteiger partial charge in [0.1, 0.15) is 0 Å². The van der Waals surface area contributed by atoms with Crippen LogP contribution in [0, 0.1) is 11.8 Å². The standard InChI is InChI=1S/C15H30N2O2/c1-4-5-6-13-9-14(16-7-8-18)11-17(10-13)15(19)12(2)3/h12-14,16,18H,4-11H2,1-3H3. The molecule has 1 aliphatic rings. The topological polar surface area (TPSA) is 52.6 Å². The van der Waals surface area contributed by atoms with E-state index in [1.165, 1.54) is 19.3 Å². The number of hydrogen-bond donors (Lipinski definition) is 2. The number of rotatable bonds is 7. The molecule has 1 amide bonds. The van der Waals surface area contributed by atoms with Gasteiger partial charge in [-0.3, -0.25) is 4.79 Å². The Balaban J connectivity index is 2.57. The average molecular weight is 270 g/mol. The summed E-state index contributed by atoms with van der Waals surface area (Å²) < 4.78 is 0. The molecule has 2 N–H and O–H groups in total. The predicted molar refractivity (Wildman–Crippen MR) is 77.9 cm³/mol. The summed E-state index contributed by atoms with van der Waals surface area (Å²) in [6, 6.07) is 0.338. The summed E-state index contributed by atoms with van der Waals surface area (Å²) in [6.45, 7) is 8.63. The molecular formula is C15H30N2O2. The predicted octanol–water partition coefficient (Wildman–Crippen LogP) is 1.63. The van der Waals surface area contributed by atoms with E-state index in [1.807, 2.05) is 18.7 Å². The van der Waals surface area contributed by atoms with Gasteiger partial charge in [-0.05, 0) is 18.8 Å². The minimum Gasteiger partial charge on any atom is -0.395 e. The van der Waals surface area contributed by atoms with E-state index in [2.05, 4.69) is 12.2 Å². The third-order valence-corrected chi connectivity index (χ3v) is 3.85. The van der Waals surface area contributed by atoms with Gasteiger partial charge in [-0.15, -0.1) is 0 Å². The van der Waals surface area contributed by atoms with E-state index in [1.54, 1.807) is 0 Å². The van der Waals surface area contributed by atoms with Gasteiger partial charge >= 0.3 is 0 Å². The van der Waals surface area contributed by atoms with Gasteiger partial charge in [-0.25, -0.2) is 0 Å². The van der Waals surface area contributed by atoms with Crippen molar-refractivity contribution in [1.82, 2.24) is 10.2 Å². The van der Waals surface area contributed by atoms with Crippen LogP contribution in [0.4, 0.5) is 0 Å². The van der Waals surface area contributed by atoms with Crippen LogP contribution in [-0.2, 0) is 4.79 Å². The lowest BCUT2D eigenvalue weighted by Gasteiger charge is -2.39. The fourth-order valence-electron chi connectivity index (χ4n) is 2.87. The van der Waals surface area contributed by atoms with Crippen LogP contribution >= 0.6 is 0 Å². The van der Waals surface area contributed by atoms with E-state index in [0.29, 0.717) is 18.5 Å². The normalized spacial score (nSPS) is 23.9. The first kappa shape index (κ1) is 16.4. The number of aliphatic hydroxyl groups excluding tert-OH is 1. The second-order valence-corrected chi connectivity index (χ2v) is 6.02. The van der Waals surface area contributed by atoms with E-state index in [-0.39, 0.29) is 18.4 Å². The Morgan fingerprint density at radius 2 is 2.16 bits per heavy atom. The molecule has 4 nitrogen and oxygen atoms in total. The lowest BCUT2D eigenvalue weighted by Crippen LogP contribution is -2.52. The molecule has 0 aromatic heterocycles. The highest BCUT2D eigenvalue weighted by Crippen LogP contribution is 2.23. The van der Waals surface area contributed by atoms with Crippen LogP contribution < -0.4 is 5.32 Å². The summed E-state index contributed by atoms with van der Waals surface area (Å²) in [5, 5.41) is 12.3. The van der Waals surface area contributed by atoms with Crippen LogP contribution in [0.1, 0.15) is 46.5 Å². The Morgan fingerprint density at radius 3 is 2.74 bits per heavy atom. The van der Waals surface area contributed by atoms with Crippen LogP contribution in [0.5, 0.6) is 0 Å². The monoisotopic (exact) mass is 270 g/mol. The van der Waals surface area contributed by atoms with Gasteiger partial charge in [0.05, 0.1) is 6.61 Å². The minimum absolute atomic E-state index is 0.0726.